The number of fused-ring (bicyclic) bond motifs is 1. The Morgan fingerprint density at radius 2 is 2.04 bits per heavy atom. The molecule has 0 unspecified atom stereocenters. The molecule has 134 valence electrons. The predicted molar refractivity (Wildman–Crippen MR) is 95.0 cm³/mol. The van der Waals surface area contributed by atoms with Crippen LogP contribution < -0.4 is 15.4 Å². The lowest BCUT2D eigenvalue weighted by molar-refractivity contribution is 0.241. The first-order valence-electron chi connectivity index (χ1n) is 8.81. The van der Waals surface area contributed by atoms with Gasteiger partial charge in [0.05, 0.1) is 12.3 Å². The van der Waals surface area contributed by atoms with Crippen LogP contribution in [0.5, 0.6) is 5.75 Å². The van der Waals surface area contributed by atoms with E-state index in [0.717, 1.165) is 55.1 Å². The van der Waals surface area contributed by atoms with Crippen molar-refractivity contribution in [2.75, 3.05) is 19.7 Å². The van der Waals surface area contributed by atoms with Crippen molar-refractivity contribution in [3.05, 3.63) is 46.3 Å². The number of carbonyl (C=O) groups is 1. The van der Waals surface area contributed by atoms with E-state index >= 15 is 0 Å². The molecule has 6 nitrogen and oxygen atoms in total. The Morgan fingerprint density at radius 1 is 1.20 bits per heavy atom. The summed E-state index contributed by atoms with van der Waals surface area (Å²) < 4.78 is 10.6. The van der Waals surface area contributed by atoms with Crippen LogP contribution in [0, 0.1) is 13.8 Å². The Labute approximate surface area is 147 Å². The lowest BCUT2D eigenvalue weighted by atomic mass is 10.1. The van der Waals surface area contributed by atoms with E-state index in [1.54, 1.807) is 0 Å². The zero-order valence-corrected chi connectivity index (χ0v) is 14.9. The van der Waals surface area contributed by atoms with E-state index < -0.39 is 0 Å². The number of ether oxygens (including phenoxy) is 1. The minimum absolute atomic E-state index is 0.122. The fourth-order valence-electron chi connectivity index (χ4n) is 3.10. The number of benzene rings is 1. The summed E-state index contributed by atoms with van der Waals surface area (Å²) in [7, 11) is 0. The van der Waals surface area contributed by atoms with Crippen LogP contribution in [-0.2, 0) is 19.3 Å². The van der Waals surface area contributed by atoms with Gasteiger partial charge < -0.3 is 19.9 Å². The van der Waals surface area contributed by atoms with Gasteiger partial charge in [0.25, 0.3) is 0 Å². The summed E-state index contributed by atoms with van der Waals surface area (Å²) in [4.78, 5) is 11.8. The summed E-state index contributed by atoms with van der Waals surface area (Å²) in [6.07, 6.45) is 3.52. The van der Waals surface area contributed by atoms with Crippen LogP contribution in [0.4, 0.5) is 4.79 Å². The van der Waals surface area contributed by atoms with Gasteiger partial charge in [-0.1, -0.05) is 17.3 Å². The molecule has 2 N–H and O–H groups in total. The first-order valence-corrected chi connectivity index (χ1v) is 8.81. The molecule has 2 amide bonds. The molecule has 25 heavy (non-hydrogen) atoms. The van der Waals surface area contributed by atoms with E-state index in [9.17, 15) is 4.79 Å². The minimum Gasteiger partial charge on any atom is -0.493 e. The molecule has 0 bridgehead atoms. The van der Waals surface area contributed by atoms with Crippen LogP contribution in [0.15, 0.2) is 22.7 Å². The highest BCUT2D eigenvalue weighted by Gasteiger charge is 2.12. The third-order valence-electron chi connectivity index (χ3n) is 4.52. The van der Waals surface area contributed by atoms with Crippen LogP contribution in [0.3, 0.4) is 0 Å². The molecule has 0 spiro atoms. The number of nitrogens with one attached hydrogen (secondary N) is 2. The summed E-state index contributed by atoms with van der Waals surface area (Å²) in [5.41, 5.74) is 4.56. The Kier molecular flexibility index (Phi) is 5.58. The van der Waals surface area contributed by atoms with Crippen molar-refractivity contribution >= 4 is 6.03 Å². The monoisotopic (exact) mass is 343 g/mol. The smallest absolute Gasteiger partial charge is 0.314 e. The highest BCUT2D eigenvalue weighted by molar-refractivity contribution is 5.73. The van der Waals surface area contributed by atoms with Crippen molar-refractivity contribution in [2.45, 2.75) is 39.5 Å². The molecule has 0 atom stereocenters. The lowest BCUT2D eigenvalue weighted by Gasteiger charge is -2.08. The van der Waals surface area contributed by atoms with Gasteiger partial charge in [0, 0.05) is 25.1 Å². The number of nitrogens with zero attached hydrogens (tertiary/aromatic N) is 1. The maximum absolute atomic E-state index is 11.8. The molecular weight excluding hydrogens is 318 g/mol. The summed E-state index contributed by atoms with van der Waals surface area (Å²) >= 11 is 0. The molecule has 1 aliphatic rings. The molecule has 6 heteroatoms. The largest absolute Gasteiger partial charge is 0.493 e. The number of aromatic nitrogens is 1. The predicted octanol–water partition coefficient (Wildman–Crippen LogP) is 2.70. The van der Waals surface area contributed by atoms with Crippen molar-refractivity contribution in [3.63, 3.8) is 0 Å². The van der Waals surface area contributed by atoms with E-state index in [2.05, 4.69) is 27.9 Å². The standard InChI is InChI=1S/C19H25N3O3/c1-13-17(14(2)25-22-13)4-3-9-20-19(23)21-10-7-15-5-6-18-16(12-15)8-11-24-18/h5-6,12H,3-4,7-11H2,1-2H3,(H2,20,21,23). The molecular formula is C19H25N3O3. The van der Waals surface area contributed by atoms with Crippen molar-refractivity contribution < 1.29 is 14.1 Å². The van der Waals surface area contributed by atoms with Crippen molar-refractivity contribution in [3.8, 4) is 5.75 Å². The van der Waals surface area contributed by atoms with Gasteiger partial charge in [0.15, 0.2) is 0 Å². The molecule has 3 rings (SSSR count). The van der Waals surface area contributed by atoms with Crippen LogP contribution in [0.25, 0.3) is 0 Å². The Morgan fingerprint density at radius 3 is 2.84 bits per heavy atom. The average Bonchev–Trinajstić information content (AvgIpc) is 3.19. The first-order chi connectivity index (χ1) is 12.1. The molecule has 0 radical (unpaired) electrons. The van der Waals surface area contributed by atoms with Crippen LogP contribution in [0.2, 0.25) is 0 Å². The van der Waals surface area contributed by atoms with Crippen LogP contribution in [-0.4, -0.2) is 30.9 Å². The third kappa shape index (κ3) is 4.53. The van der Waals surface area contributed by atoms with Gasteiger partial charge in [-0.15, -0.1) is 0 Å². The normalized spacial score (nSPS) is 12.6. The van der Waals surface area contributed by atoms with Crippen LogP contribution in [0.1, 0.15) is 34.6 Å². The quantitative estimate of drug-likeness (QED) is 0.758. The minimum atomic E-state index is -0.122. The molecule has 1 aromatic carbocycles. The van der Waals surface area contributed by atoms with Gasteiger partial charge in [-0.2, -0.15) is 0 Å². The SMILES string of the molecule is Cc1noc(C)c1CCCNC(=O)NCCc1ccc2c(c1)CCO2. The van der Waals surface area contributed by atoms with E-state index in [1.165, 1.54) is 11.1 Å². The van der Waals surface area contributed by atoms with Gasteiger partial charge in [0.2, 0.25) is 0 Å². The summed E-state index contributed by atoms with van der Waals surface area (Å²) in [6.45, 7) is 5.88. The van der Waals surface area contributed by atoms with E-state index in [1.807, 2.05) is 19.9 Å². The van der Waals surface area contributed by atoms with Gasteiger partial charge >= 0.3 is 6.03 Å². The van der Waals surface area contributed by atoms with Gasteiger partial charge in [0.1, 0.15) is 11.5 Å². The molecule has 2 aromatic rings. The number of amides is 2. The maximum Gasteiger partial charge on any atom is 0.314 e. The number of rotatable bonds is 7. The number of urea groups is 1. The van der Waals surface area contributed by atoms with Crippen molar-refractivity contribution in [1.82, 2.24) is 15.8 Å². The number of carbonyl (C=O) groups excluding carboxylic acids is 1. The molecule has 1 aromatic heterocycles. The zero-order chi connectivity index (χ0) is 17.6. The average molecular weight is 343 g/mol. The first kappa shape index (κ1) is 17.3. The maximum atomic E-state index is 11.8. The summed E-state index contributed by atoms with van der Waals surface area (Å²) in [5, 5.41) is 9.73. The van der Waals surface area contributed by atoms with Gasteiger partial charge in [-0.25, -0.2) is 4.79 Å². The van der Waals surface area contributed by atoms with Gasteiger partial charge in [-0.3, -0.25) is 0 Å². The molecule has 0 saturated heterocycles. The van der Waals surface area contributed by atoms with E-state index in [-0.39, 0.29) is 6.03 Å². The highest BCUT2D eigenvalue weighted by atomic mass is 16.5. The van der Waals surface area contributed by atoms with E-state index in [4.69, 9.17) is 9.26 Å². The Bertz CT molecular complexity index is 720. The second-order valence-electron chi connectivity index (χ2n) is 6.38. The molecule has 0 fully saturated rings. The molecule has 2 heterocycles. The Balaban J connectivity index is 1.32. The lowest BCUT2D eigenvalue weighted by Crippen LogP contribution is -2.37. The number of hydrogen-bond acceptors (Lipinski definition) is 4. The van der Waals surface area contributed by atoms with Gasteiger partial charge in [-0.05, 0) is 50.3 Å². The number of aryl methyl sites for hydroxylation is 2. The molecule has 0 aliphatic carbocycles. The van der Waals surface area contributed by atoms with Crippen LogP contribution >= 0.6 is 0 Å². The molecule has 0 saturated carbocycles. The topological polar surface area (TPSA) is 76.4 Å². The number of hydrogen-bond donors (Lipinski definition) is 2. The van der Waals surface area contributed by atoms with Crippen molar-refractivity contribution in [1.29, 1.82) is 0 Å². The van der Waals surface area contributed by atoms with Crippen molar-refractivity contribution in [2.24, 2.45) is 0 Å². The highest BCUT2D eigenvalue weighted by Crippen LogP contribution is 2.25. The summed E-state index contributed by atoms with van der Waals surface area (Å²) in [6, 6.07) is 6.13. The second-order valence-corrected chi connectivity index (χ2v) is 6.38. The zero-order valence-electron chi connectivity index (χ0n) is 14.9. The Hall–Kier alpha value is -2.50. The molecule has 1 aliphatic heterocycles. The summed E-state index contributed by atoms with van der Waals surface area (Å²) in [5.74, 6) is 1.86. The second kappa shape index (κ2) is 8.05. The fourth-order valence-corrected chi connectivity index (χ4v) is 3.10. The van der Waals surface area contributed by atoms with E-state index in [0.29, 0.717) is 13.1 Å². The third-order valence-corrected chi connectivity index (χ3v) is 4.52. The fraction of sp³-hybridized carbons (Fsp3) is 0.474.